The van der Waals surface area contributed by atoms with E-state index < -0.39 is 16.1 Å². The maximum absolute atomic E-state index is 13.6. The van der Waals surface area contributed by atoms with Gasteiger partial charge in [-0.1, -0.05) is 55.8 Å². The summed E-state index contributed by atoms with van der Waals surface area (Å²) in [6, 6.07) is 19.6. The Bertz CT molecular complexity index is 1280. The average molecular weight is 465 g/mol. The number of para-hydroxylation sites is 1. The molecule has 0 aliphatic carbocycles. The van der Waals surface area contributed by atoms with E-state index in [2.05, 4.69) is 19.2 Å². The SMILES string of the molecule is Cc1ccc(S(=O)(=O)N2C[C@@H](C(=O)Nc3ccccc3C(C)C)Oc3cc(C)ccc32)cc1. The van der Waals surface area contributed by atoms with Gasteiger partial charge < -0.3 is 10.1 Å². The summed E-state index contributed by atoms with van der Waals surface area (Å²) in [5.74, 6) is 0.198. The van der Waals surface area contributed by atoms with Gasteiger partial charge in [-0.05, 0) is 61.2 Å². The Morgan fingerprint density at radius 1 is 1.00 bits per heavy atom. The molecule has 1 atom stereocenters. The van der Waals surface area contributed by atoms with Crippen molar-refractivity contribution in [1.29, 1.82) is 0 Å². The van der Waals surface area contributed by atoms with Gasteiger partial charge in [-0.25, -0.2) is 8.42 Å². The number of sulfonamides is 1. The standard InChI is InChI=1S/C26H28N2O4S/c1-17(2)21-7-5-6-8-22(21)27-26(29)25-16-28(23-14-11-19(4)15-24(23)32-25)33(30,31)20-12-9-18(3)10-13-20/h5-15,17,25H,16H2,1-4H3,(H,27,29)/t25-/m0/s1. The summed E-state index contributed by atoms with van der Waals surface area (Å²) in [4.78, 5) is 13.4. The molecule has 0 spiro atoms. The molecule has 1 aliphatic heterocycles. The lowest BCUT2D eigenvalue weighted by Gasteiger charge is -2.35. The molecule has 0 bridgehead atoms. The van der Waals surface area contributed by atoms with Crippen molar-refractivity contribution in [2.75, 3.05) is 16.2 Å². The van der Waals surface area contributed by atoms with Crippen molar-refractivity contribution in [3.63, 3.8) is 0 Å². The summed E-state index contributed by atoms with van der Waals surface area (Å²) < 4.78 is 34.4. The zero-order chi connectivity index (χ0) is 23.8. The van der Waals surface area contributed by atoms with Crippen molar-refractivity contribution < 1.29 is 17.9 Å². The summed E-state index contributed by atoms with van der Waals surface area (Å²) in [6.45, 7) is 7.78. The van der Waals surface area contributed by atoms with Gasteiger partial charge in [-0.3, -0.25) is 9.10 Å². The summed E-state index contributed by atoms with van der Waals surface area (Å²) in [7, 11) is -3.89. The predicted octanol–water partition coefficient (Wildman–Crippen LogP) is 5.02. The Kier molecular flexibility index (Phi) is 6.17. The number of hydrogen-bond donors (Lipinski definition) is 1. The van der Waals surface area contributed by atoms with E-state index in [1.165, 1.54) is 4.31 Å². The fourth-order valence-electron chi connectivity index (χ4n) is 3.89. The first-order chi connectivity index (χ1) is 15.7. The van der Waals surface area contributed by atoms with E-state index in [4.69, 9.17) is 4.74 Å². The number of rotatable bonds is 5. The number of fused-ring (bicyclic) bond motifs is 1. The van der Waals surface area contributed by atoms with Crippen molar-refractivity contribution >= 4 is 27.3 Å². The summed E-state index contributed by atoms with van der Waals surface area (Å²) in [6.07, 6.45) is -1.00. The number of nitrogens with zero attached hydrogens (tertiary/aromatic N) is 1. The maximum Gasteiger partial charge on any atom is 0.267 e. The van der Waals surface area contributed by atoms with Crippen molar-refractivity contribution in [1.82, 2.24) is 0 Å². The fraction of sp³-hybridized carbons (Fsp3) is 0.269. The quantitative estimate of drug-likeness (QED) is 0.575. The molecule has 6 nitrogen and oxygen atoms in total. The van der Waals surface area contributed by atoms with E-state index in [1.54, 1.807) is 36.4 Å². The van der Waals surface area contributed by atoms with Crippen LogP contribution in [0, 0.1) is 13.8 Å². The van der Waals surface area contributed by atoms with Gasteiger partial charge >= 0.3 is 0 Å². The van der Waals surface area contributed by atoms with Crippen LogP contribution < -0.4 is 14.4 Å². The molecule has 1 N–H and O–H groups in total. The van der Waals surface area contributed by atoms with Crippen LogP contribution in [0.3, 0.4) is 0 Å². The van der Waals surface area contributed by atoms with E-state index >= 15 is 0 Å². The minimum absolute atomic E-state index is 0.123. The number of anilines is 2. The molecule has 1 aliphatic rings. The Labute approximate surface area is 195 Å². The van der Waals surface area contributed by atoms with Crippen molar-refractivity contribution in [3.05, 3.63) is 83.4 Å². The van der Waals surface area contributed by atoms with Gasteiger partial charge in [0.15, 0.2) is 6.10 Å². The van der Waals surface area contributed by atoms with Crippen molar-refractivity contribution in [2.24, 2.45) is 0 Å². The topological polar surface area (TPSA) is 75.7 Å². The van der Waals surface area contributed by atoms with Crippen LogP contribution in [-0.4, -0.2) is 27.0 Å². The van der Waals surface area contributed by atoms with Crippen LogP contribution in [0.2, 0.25) is 0 Å². The number of aryl methyl sites for hydroxylation is 2. The minimum Gasteiger partial charge on any atom is -0.476 e. The minimum atomic E-state index is -3.89. The second-order valence-electron chi connectivity index (χ2n) is 8.66. The number of carbonyl (C=O) groups is 1. The molecule has 1 heterocycles. The van der Waals surface area contributed by atoms with Crippen LogP contribution in [0.5, 0.6) is 5.75 Å². The Balaban J connectivity index is 1.70. The molecule has 0 radical (unpaired) electrons. The molecular weight excluding hydrogens is 436 g/mol. The lowest BCUT2D eigenvalue weighted by molar-refractivity contribution is -0.122. The van der Waals surface area contributed by atoms with Gasteiger partial charge in [0.1, 0.15) is 5.75 Å². The van der Waals surface area contributed by atoms with Crippen molar-refractivity contribution in [3.8, 4) is 5.75 Å². The molecule has 7 heteroatoms. The maximum atomic E-state index is 13.6. The summed E-state index contributed by atoms with van der Waals surface area (Å²) in [5, 5.41) is 2.94. The normalized spacial score (nSPS) is 15.7. The first-order valence-corrected chi connectivity index (χ1v) is 12.4. The molecular formula is C26H28N2O4S. The van der Waals surface area contributed by atoms with Crippen LogP contribution in [0.25, 0.3) is 0 Å². The number of amides is 1. The van der Waals surface area contributed by atoms with Gasteiger partial charge in [-0.2, -0.15) is 0 Å². The van der Waals surface area contributed by atoms with Crippen molar-refractivity contribution in [2.45, 2.75) is 44.6 Å². The third-order valence-electron chi connectivity index (χ3n) is 5.73. The molecule has 1 amide bonds. The molecule has 0 unspecified atom stereocenters. The fourth-order valence-corrected chi connectivity index (χ4v) is 5.37. The van der Waals surface area contributed by atoms with Crippen LogP contribution in [0.4, 0.5) is 11.4 Å². The first-order valence-electron chi connectivity index (χ1n) is 10.9. The van der Waals surface area contributed by atoms with Crippen LogP contribution in [0.15, 0.2) is 71.6 Å². The summed E-state index contributed by atoms with van der Waals surface area (Å²) >= 11 is 0. The highest BCUT2D eigenvalue weighted by Gasteiger charge is 2.37. The number of nitrogens with one attached hydrogen (secondary N) is 1. The summed E-state index contributed by atoms with van der Waals surface area (Å²) in [5.41, 5.74) is 4.00. The number of ether oxygens (including phenoxy) is 1. The smallest absolute Gasteiger partial charge is 0.267 e. The third kappa shape index (κ3) is 4.59. The van der Waals surface area contributed by atoms with E-state index in [0.29, 0.717) is 17.1 Å². The first kappa shape index (κ1) is 22.9. The molecule has 3 aromatic carbocycles. The molecule has 33 heavy (non-hydrogen) atoms. The Morgan fingerprint density at radius 2 is 1.67 bits per heavy atom. The second-order valence-corrected chi connectivity index (χ2v) is 10.5. The molecule has 0 saturated heterocycles. The van der Waals surface area contributed by atoms with Gasteiger partial charge in [0, 0.05) is 5.69 Å². The van der Waals surface area contributed by atoms with Gasteiger partial charge in [0.05, 0.1) is 17.1 Å². The second kappa shape index (κ2) is 8.90. The van der Waals surface area contributed by atoms with Crippen LogP contribution in [0.1, 0.15) is 36.5 Å². The molecule has 0 saturated carbocycles. The van der Waals surface area contributed by atoms with Gasteiger partial charge in [0.25, 0.3) is 15.9 Å². The zero-order valence-corrected chi connectivity index (χ0v) is 20.0. The largest absolute Gasteiger partial charge is 0.476 e. The number of hydrogen-bond acceptors (Lipinski definition) is 4. The molecule has 0 aromatic heterocycles. The van der Waals surface area contributed by atoms with Gasteiger partial charge in [0.2, 0.25) is 0 Å². The predicted molar refractivity (Wildman–Crippen MR) is 130 cm³/mol. The van der Waals surface area contributed by atoms with E-state index in [1.807, 2.05) is 44.2 Å². The van der Waals surface area contributed by atoms with Crippen LogP contribution in [-0.2, 0) is 14.8 Å². The Morgan fingerprint density at radius 3 is 2.36 bits per heavy atom. The zero-order valence-electron chi connectivity index (χ0n) is 19.2. The average Bonchev–Trinajstić information content (AvgIpc) is 2.78. The van der Waals surface area contributed by atoms with E-state index in [-0.39, 0.29) is 23.3 Å². The monoisotopic (exact) mass is 464 g/mol. The van der Waals surface area contributed by atoms with E-state index in [9.17, 15) is 13.2 Å². The molecule has 3 aromatic rings. The van der Waals surface area contributed by atoms with Crippen LogP contribution >= 0.6 is 0 Å². The highest BCUT2D eigenvalue weighted by molar-refractivity contribution is 7.92. The third-order valence-corrected chi connectivity index (χ3v) is 7.52. The highest BCUT2D eigenvalue weighted by Crippen LogP contribution is 2.38. The molecule has 172 valence electrons. The molecule has 0 fully saturated rings. The number of benzene rings is 3. The number of carbonyl (C=O) groups excluding carboxylic acids is 1. The highest BCUT2D eigenvalue weighted by atomic mass is 32.2. The molecule has 4 rings (SSSR count). The van der Waals surface area contributed by atoms with Gasteiger partial charge in [-0.15, -0.1) is 0 Å². The van der Waals surface area contributed by atoms with E-state index in [0.717, 1.165) is 16.7 Å². The lowest BCUT2D eigenvalue weighted by Crippen LogP contribution is -2.49. The lowest BCUT2D eigenvalue weighted by atomic mass is 10.0. The Hall–Kier alpha value is -3.32.